The van der Waals surface area contributed by atoms with E-state index in [2.05, 4.69) is 5.32 Å². The van der Waals surface area contributed by atoms with Gasteiger partial charge in [-0.1, -0.05) is 12.1 Å². The van der Waals surface area contributed by atoms with Gasteiger partial charge < -0.3 is 19.9 Å². The van der Waals surface area contributed by atoms with E-state index in [4.69, 9.17) is 4.74 Å². The van der Waals surface area contributed by atoms with Crippen molar-refractivity contribution in [2.24, 2.45) is 0 Å². The van der Waals surface area contributed by atoms with E-state index in [1.54, 1.807) is 31.2 Å². The summed E-state index contributed by atoms with van der Waals surface area (Å²) in [6.45, 7) is 1.27. The van der Waals surface area contributed by atoms with Gasteiger partial charge in [0.1, 0.15) is 5.69 Å². The smallest absolute Gasteiger partial charge is 0.293 e. The van der Waals surface area contributed by atoms with E-state index in [1.807, 2.05) is 43.3 Å². The van der Waals surface area contributed by atoms with Gasteiger partial charge in [0, 0.05) is 58.7 Å². The number of nitro benzene ring substituents is 1. The van der Waals surface area contributed by atoms with Crippen molar-refractivity contribution in [3.8, 4) is 0 Å². The van der Waals surface area contributed by atoms with E-state index in [1.165, 1.54) is 6.07 Å². The maximum atomic E-state index is 12.7. The number of ether oxygens (including phenoxy) is 1. The number of hydrogen-bond donors (Lipinski definition) is 1. The number of nitro groups is 1. The molecule has 0 aliphatic heterocycles. The summed E-state index contributed by atoms with van der Waals surface area (Å²) in [7, 11) is 7.16. The molecule has 0 atom stereocenters. The fourth-order valence-corrected chi connectivity index (χ4v) is 2.72. The third-order valence-electron chi connectivity index (χ3n) is 4.28. The predicted octanol–water partition coefficient (Wildman–Crippen LogP) is 2.99. The largest absolute Gasteiger partial charge is 0.383 e. The lowest BCUT2D eigenvalue weighted by atomic mass is 10.1. The van der Waals surface area contributed by atoms with Gasteiger partial charge in [-0.15, -0.1) is 0 Å². The summed E-state index contributed by atoms with van der Waals surface area (Å²) >= 11 is 0. The zero-order valence-corrected chi connectivity index (χ0v) is 16.6. The molecule has 0 heterocycles. The van der Waals surface area contributed by atoms with E-state index in [-0.39, 0.29) is 17.2 Å². The fraction of sp³-hybridized carbons (Fsp3) is 0.350. The Morgan fingerprint density at radius 3 is 2.39 bits per heavy atom. The summed E-state index contributed by atoms with van der Waals surface area (Å²) in [5.41, 5.74) is 2.56. The van der Waals surface area contributed by atoms with Crippen molar-refractivity contribution in [3.63, 3.8) is 0 Å². The van der Waals surface area contributed by atoms with Crippen LogP contribution in [0.5, 0.6) is 0 Å². The van der Waals surface area contributed by atoms with Crippen LogP contribution in [0.4, 0.5) is 17.1 Å². The third-order valence-corrected chi connectivity index (χ3v) is 4.28. The average Bonchev–Trinajstić information content (AvgIpc) is 2.68. The monoisotopic (exact) mass is 386 g/mol. The second kappa shape index (κ2) is 9.70. The molecule has 0 aliphatic carbocycles. The van der Waals surface area contributed by atoms with Crippen LogP contribution in [-0.4, -0.2) is 57.1 Å². The Morgan fingerprint density at radius 1 is 1.14 bits per heavy atom. The molecule has 8 heteroatoms. The summed E-state index contributed by atoms with van der Waals surface area (Å²) in [4.78, 5) is 27.2. The molecule has 0 unspecified atom stereocenters. The molecule has 2 aromatic rings. The number of nitrogens with one attached hydrogen (secondary N) is 1. The van der Waals surface area contributed by atoms with Gasteiger partial charge in [-0.3, -0.25) is 14.9 Å². The first-order valence-corrected chi connectivity index (χ1v) is 8.86. The number of rotatable bonds is 9. The minimum atomic E-state index is -0.494. The van der Waals surface area contributed by atoms with Crippen molar-refractivity contribution in [1.82, 2.24) is 4.90 Å². The number of nitrogens with zero attached hydrogens (tertiary/aromatic N) is 3. The molecule has 8 nitrogen and oxygen atoms in total. The molecular weight excluding hydrogens is 360 g/mol. The summed E-state index contributed by atoms with van der Waals surface area (Å²) < 4.78 is 4.94. The van der Waals surface area contributed by atoms with E-state index in [9.17, 15) is 14.9 Å². The minimum absolute atomic E-state index is 0.134. The molecule has 28 heavy (non-hydrogen) atoms. The molecule has 0 aliphatic rings. The molecule has 0 spiro atoms. The van der Waals surface area contributed by atoms with Crippen LogP contribution in [0.1, 0.15) is 15.9 Å². The Morgan fingerprint density at radius 2 is 1.82 bits per heavy atom. The highest BCUT2D eigenvalue weighted by Crippen LogP contribution is 2.26. The van der Waals surface area contributed by atoms with Crippen LogP contribution < -0.4 is 10.2 Å². The van der Waals surface area contributed by atoms with Crippen molar-refractivity contribution >= 4 is 23.0 Å². The van der Waals surface area contributed by atoms with Crippen LogP contribution in [0.3, 0.4) is 0 Å². The fourth-order valence-electron chi connectivity index (χ4n) is 2.72. The van der Waals surface area contributed by atoms with Crippen LogP contribution in [0.15, 0.2) is 42.5 Å². The lowest BCUT2D eigenvalue weighted by Crippen LogP contribution is -2.26. The normalized spacial score (nSPS) is 10.4. The zero-order chi connectivity index (χ0) is 20.7. The van der Waals surface area contributed by atoms with E-state index in [0.29, 0.717) is 25.4 Å². The maximum Gasteiger partial charge on any atom is 0.293 e. The number of anilines is 2. The number of carbonyl (C=O) groups is 1. The molecule has 0 aromatic heterocycles. The highest BCUT2D eigenvalue weighted by Gasteiger charge is 2.19. The van der Waals surface area contributed by atoms with Gasteiger partial charge in [-0.2, -0.15) is 0 Å². The molecule has 0 bridgehead atoms. The topological polar surface area (TPSA) is 88.0 Å². The first kappa shape index (κ1) is 21.2. The second-order valence-corrected chi connectivity index (χ2v) is 6.63. The molecule has 1 amide bonds. The minimum Gasteiger partial charge on any atom is -0.383 e. The Labute approximate surface area is 164 Å². The first-order valence-electron chi connectivity index (χ1n) is 8.86. The molecule has 0 radical (unpaired) electrons. The van der Waals surface area contributed by atoms with Gasteiger partial charge in [0.2, 0.25) is 0 Å². The van der Waals surface area contributed by atoms with Gasteiger partial charge in [0.25, 0.3) is 11.6 Å². The summed E-state index contributed by atoms with van der Waals surface area (Å²) in [6.07, 6.45) is 0. The molecule has 2 rings (SSSR count). The summed E-state index contributed by atoms with van der Waals surface area (Å²) in [5.74, 6) is -0.275. The standard InChI is InChI=1S/C20H26N4O4/c1-22(2)17-8-5-15(6-9-17)14-23(3)20(25)16-7-10-18(21-11-12-28-4)19(13-16)24(26)27/h5-10,13,21H,11-12,14H2,1-4H3. The van der Waals surface area contributed by atoms with Gasteiger partial charge in [-0.05, 0) is 29.8 Å². The first-order chi connectivity index (χ1) is 13.3. The molecule has 2 aromatic carbocycles. The van der Waals surface area contributed by atoms with Crippen LogP contribution in [-0.2, 0) is 11.3 Å². The molecule has 0 saturated heterocycles. The van der Waals surface area contributed by atoms with E-state index >= 15 is 0 Å². The molecule has 0 fully saturated rings. The lowest BCUT2D eigenvalue weighted by molar-refractivity contribution is -0.384. The third kappa shape index (κ3) is 5.43. The number of benzene rings is 2. The van der Waals surface area contributed by atoms with Crippen molar-refractivity contribution in [1.29, 1.82) is 0 Å². The number of methoxy groups -OCH3 is 1. The second-order valence-electron chi connectivity index (χ2n) is 6.63. The molecule has 0 saturated carbocycles. The summed E-state index contributed by atoms with van der Waals surface area (Å²) in [6, 6.07) is 12.4. The van der Waals surface area contributed by atoms with Gasteiger partial charge >= 0.3 is 0 Å². The Bertz CT molecular complexity index is 821. The zero-order valence-electron chi connectivity index (χ0n) is 16.6. The van der Waals surface area contributed by atoms with Crippen LogP contribution in [0.2, 0.25) is 0 Å². The number of carbonyl (C=O) groups excluding carboxylic acids is 1. The number of amides is 1. The van der Waals surface area contributed by atoms with Crippen LogP contribution >= 0.6 is 0 Å². The van der Waals surface area contributed by atoms with Crippen LogP contribution in [0.25, 0.3) is 0 Å². The predicted molar refractivity (Wildman–Crippen MR) is 110 cm³/mol. The van der Waals surface area contributed by atoms with E-state index in [0.717, 1.165) is 11.3 Å². The van der Waals surface area contributed by atoms with Gasteiger partial charge in [0.05, 0.1) is 11.5 Å². The number of hydrogen-bond acceptors (Lipinski definition) is 6. The van der Waals surface area contributed by atoms with Crippen LogP contribution in [0, 0.1) is 10.1 Å². The quantitative estimate of drug-likeness (QED) is 0.405. The summed E-state index contributed by atoms with van der Waals surface area (Å²) in [5, 5.41) is 14.3. The van der Waals surface area contributed by atoms with Crippen molar-refractivity contribution in [2.45, 2.75) is 6.54 Å². The molecule has 1 N–H and O–H groups in total. The lowest BCUT2D eigenvalue weighted by Gasteiger charge is -2.19. The van der Waals surface area contributed by atoms with Gasteiger partial charge in [0.15, 0.2) is 0 Å². The molecule has 150 valence electrons. The van der Waals surface area contributed by atoms with Crippen molar-refractivity contribution < 1.29 is 14.5 Å². The Balaban J connectivity index is 2.13. The molecular formula is C20H26N4O4. The van der Waals surface area contributed by atoms with Gasteiger partial charge in [-0.25, -0.2) is 0 Å². The Kier molecular flexibility index (Phi) is 7.34. The highest BCUT2D eigenvalue weighted by atomic mass is 16.6. The van der Waals surface area contributed by atoms with Crippen molar-refractivity contribution in [3.05, 3.63) is 63.7 Å². The SMILES string of the molecule is COCCNc1ccc(C(=O)N(C)Cc2ccc(N(C)C)cc2)cc1[N+](=O)[O-]. The van der Waals surface area contributed by atoms with E-state index < -0.39 is 4.92 Å². The Hall–Kier alpha value is -3.13. The highest BCUT2D eigenvalue weighted by molar-refractivity contribution is 5.95. The van der Waals surface area contributed by atoms with Crippen molar-refractivity contribution in [2.75, 3.05) is 51.6 Å². The maximum absolute atomic E-state index is 12.7. The average molecular weight is 386 g/mol.